The van der Waals surface area contributed by atoms with Crippen LogP contribution < -0.4 is 10.6 Å². The quantitative estimate of drug-likeness (QED) is 0.698. The number of benzene rings is 2. The lowest BCUT2D eigenvalue weighted by molar-refractivity contribution is -0.113. The van der Waals surface area contributed by atoms with Crippen LogP contribution in [-0.4, -0.2) is 35.7 Å². The van der Waals surface area contributed by atoms with E-state index in [0.29, 0.717) is 22.8 Å². The Balaban J connectivity index is 1.41. The van der Waals surface area contributed by atoms with Gasteiger partial charge in [0.2, 0.25) is 5.91 Å². The highest BCUT2D eigenvalue weighted by Gasteiger charge is 2.15. The largest absolute Gasteiger partial charge is 0.325 e. The molecule has 0 spiro atoms. The van der Waals surface area contributed by atoms with E-state index < -0.39 is 0 Å². The number of hydrogen-bond donors (Lipinski definition) is 2. The van der Waals surface area contributed by atoms with E-state index in [1.54, 1.807) is 36.4 Å². The predicted octanol–water partition coefficient (Wildman–Crippen LogP) is 4.84. The van der Waals surface area contributed by atoms with Crippen LogP contribution in [0.1, 0.15) is 36.8 Å². The smallest absolute Gasteiger partial charge is 0.321 e. The summed E-state index contributed by atoms with van der Waals surface area (Å²) in [4.78, 5) is 26.4. The van der Waals surface area contributed by atoms with Gasteiger partial charge in [0.05, 0.1) is 17.4 Å². The fourth-order valence-corrected chi connectivity index (χ4v) is 4.04. The molecular formula is C23H26N4O2S. The first-order chi connectivity index (χ1) is 14.6. The highest BCUT2D eigenvalue weighted by molar-refractivity contribution is 7.99. The maximum absolute atomic E-state index is 12.4. The average molecular weight is 423 g/mol. The van der Waals surface area contributed by atoms with Gasteiger partial charge < -0.3 is 15.5 Å². The zero-order valence-corrected chi connectivity index (χ0v) is 17.7. The van der Waals surface area contributed by atoms with Gasteiger partial charge in [-0.1, -0.05) is 25.0 Å². The number of carbonyl (C=O) groups is 2. The molecule has 2 aromatic rings. The molecule has 0 radical (unpaired) electrons. The molecule has 7 heteroatoms. The first-order valence-electron chi connectivity index (χ1n) is 10.2. The zero-order valence-electron chi connectivity index (χ0n) is 16.9. The van der Waals surface area contributed by atoms with Gasteiger partial charge in [-0.05, 0) is 54.8 Å². The summed E-state index contributed by atoms with van der Waals surface area (Å²) >= 11 is 1.52. The number of likely N-dealkylation sites (tertiary alicyclic amines) is 1. The molecule has 3 rings (SSSR count). The van der Waals surface area contributed by atoms with Crippen LogP contribution in [0, 0.1) is 11.3 Å². The van der Waals surface area contributed by atoms with Crippen molar-refractivity contribution in [2.45, 2.75) is 31.4 Å². The highest BCUT2D eigenvalue weighted by Crippen LogP contribution is 2.17. The average Bonchev–Trinajstić information content (AvgIpc) is 3.05. The molecule has 1 aliphatic rings. The van der Waals surface area contributed by atoms with Crippen LogP contribution in [0.3, 0.4) is 0 Å². The van der Waals surface area contributed by atoms with Gasteiger partial charge in [0.1, 0.15) is 0 Å². The summed E-state index contributed by atoms with van der Waals surface area (Å²) in [6.07, 6.45) is 4.48. The molecule has 0 aromatic heterocycles. The lowest BCUT2D eigenvalue weighted by Gasteiger charge is -2.20. The number of nitrogens with one attached hydrogen (secondary N) is 2. The SMILES string of the molecule is N#Cc1ccc(CSCC(=O)Nc2ccc(NC(=O)N3CCCCCC3)cc2)cc1. The summed E-state index contributed by atoms with van der Waals surface area (Å²) in [5.74, 6) is 0.976. The molecule has 0 unspecified atom stereocenters. The van der Waals surface area contributed by atoms with Gasteiger partial charge in [0.25, 0.3) is 0 Å². The molecule has 6 nitrogen and oxygen atoms in total. The molecule has 1 fully saturated rings. The molecular weight excluding hydrogens is 396 g/mol. The van der Waals surface area contributed by atoms with Crippen molar-refractivity contribution in [2.24, 2.45) is 0 Å². The Morgan fingerprint density at radius 2 is 1.50 bits per heavy atom. The van der Waals surface area contributed by atoms with Crippen LogP contribution in [0.25, 0.3) is 0 Å². The second kappa shape index (κ2) is 11.3. The summed E-state index contributed by atoms with van der Waals surface area (Å²) in [6.45, 7) is 1.61. The van der Waals surface area contributed by atoms with E-state index in [0.717, 1.165) is 37.2 Å². The minimum atomic E-state index is -0.0741. The van der Waals surface area contributed by atoms with Crippen LogP contribution in [0.4, 0.5) is 16.2 Å². The second-order valence-electron chi connectivity index (χ2n) is 7.26. The third-order valence-electron chi connectivity index (χ3n) is 4.90. The van der Waals surface area contributed by atoms with E-state index in [1.807, 2.05) is 17.0 Å². The van der Waals surface area contributed by atoms with E-state index in [2.05, 4.69) is 16.7 Å². The van der Waals surface area contributed by atoms with Crippen molar-refractivity contribution in [3.63, 3.8) is 0 Å². The Kier molecular flexibility index (Phi) is 8.16. The van der Waals surface area contributed by atoms with Crippen LogP contribution in [0.5, 0.6) is 0 Å². The number of hydrogen-bond acceptors (Lipinski definition) is 4. The van der Waals surface area contributed by atoms with E-state index >= 15 is 0 Å². The van der Waals surface area contributed by atoms with Crippen molar-refractivity contribution in [1.82, 2.24) is 4.90 Å². The van der Waals surface area contributed by atoms with Gasteiger partial charge in [-0.25, -0.2) is 4.79 Å². The second-order valence-corrected chi connectivity index (χ2v) is 8.24. The minimum absolute atomic E-state index is 0.0621. The van der Waals surface area contributed by atoms with Crippen molar-refractivity contribution in [2.75, 3.05) is 29.5 Å². The third kappa shape index (κ3) is 6.82. The first kappa shape index (κ1) is 21.7. The van der Waals surface area contributed by atoms with Crippen molar-refractivity contribution >= 4 is 35.1 Å². The number of urea groups is 1. The molecule has 0 aliphatic carbocycles. The molecule has 0 bridgehead atoms. The molecule has 1 heterocycles. The van der Waals surface area contributed by atoms with Crippen LogP contribution in [0.15, 0.2) is 48.5 Å². The monoisotopic (exact) mass is 422 g/mol. The number of thioether (sulfide) groups is 1. The normalized spacial score (nSPS) is 13.8. The molecule has 1 saturated heterocycles. The fourth-order valence-electron chi connectivity index (χ4n) is 3.25. The number of nitrogens with zero attached hydrogens (tertiary/aromatic N) is 2. The van der Waals surface area contributed by atoms with Crippen molar-refractivity contribution in [3.8, 4) is 6.07 Å². The molecule has 2 N–H and O–H groups in total. The highest BCUT2D eigenvalue weighted by atomic mass is 32.2. The Bertz CT molecular complexity index is 883. The topological polar surface area (TPSA) is 85.2 Å². The third-order valence-corrected chi connectivity index (χ3v) is 5.90. The number of amides is 3. The first-order valence-corrected chi connectivity index (χ1v) is 11.3. The maximum atomic E-state index is 12.4. The van der Waals surface area contributed by atoms with Crippen LogP contribution >= 0.6 is 11.8 Å². The van der Waals surface area contributed by atoms with E-state index in [9.17, 15) is 9.59 Å². The van der Waals surface area contributed by atoms with E-state index in [-0.39, 0.29) is 11.9 Å². The maximum Gasteiger partial charge on any atom is 0.321 e. The van der Waals surface area contributed by atoms with E-state index in [4.69, 9.17) is 5.26 Å². The van der Waals surface area contributed by atoms with Gasteiger partial charge in [-0.2, -0.15) is 5.26 Å². The molecule has 2 aromatic carbocycles. The number of nitriles is 1. The summed E-state index contributed by atoms with van der Waals surface area (Å²) < 4.78 is 0. The summed E-state index contributed by atoms with van der Waals surface area (Å²) in [6, 6.07) is 16.6. The summed E-state index contributed by atoms with van der Waals surface area (Å²) in [5.41, 5.74) is 3.13. The number of rotatable bonds is 6. The standard InChI is InChI=1S/C23H26N4O2S/c24-15-18-5-7-19(8-6-18)16-30-17-22(28)25-20-9-11-21(12-10-20)26-23(29)27-13-3-1-2-4-14-27/h5-12H,1-4,13-14,16-17H2,(H,25,28)(H,26,29). The molecule has 0 saturated carbocycles. The van der Waals surface area contributed by atoms with Crippen LogP contribution in [-0.2, 0) is 10.5 Å². The molecule has 156 valence electrons. The zero-order chi connectivity index (χ0) is 21.2. The van der Waals surface area contributed by atoms with Gasteiger partial charge in [-0.3, -0.25) is 4.79 Å². The van der Waals surface area contributed by atoms with Gasteiger partial charge >= 0.3 is 6.03 Å². The van der Waals surface area contributed by atoms with Crippen molar-refractivity contribution < 1.29 is 9.59 Å². The summed E-state index contributed by atoms with van der Waals surface area (Å²) in [5, 5.41) is 14.6. The lowest BCUT2D eigenvalue weighted by atomic mass is 10.2. The Morgan fingerprint density at radius 1 is 0.900 bits per heavy atom. The van der Waals surface area contributed by atoms with Crippen LogP contribution in [0.2, 0.25) is 0 Å². The Morgan fingerprint density at radius 3 is 2.10 bits per heavy atom. The lowest BCUT2D eigenvalue weighted by Crippen LogP contribution is -2.35. The summed E-state index contributed by atoms with van der Waals surface area (Å²) in [7, 11) is 0. The Hall–Kier alpha value is -2.98. The van der Waals surface area contributed by atoms with Gasteiger partial charge in [0.15, 0.2) is 0 Å². The fraction of sp³-hybridized carbons (Fsp3) is 0.348. The predicted molar refractivity (Wildman–Crippen MR) is 121 cm³/mol. The number of anilines is 2. The molecule has 3 amide bonds. The van der Waals surface area contributed by atoms with Crippen molar-refractivity contribution in [3.05, 3.63) is 59.7 Å². The van der Waals surface area contributed by atoms with Gasteiger partial charge in [-0.15, -0.1) is 11.8 Å². The molecule has 1 aliphatic heterocycles. The van der Waals surface area contributed by atoms with Gasteiger partial charge in [0, 0.05) is 30.2 Å². The minimum Gasteiger partial charge on any atom is -0.325 e. The number of carbonyl (C=O) groups excluding carboxylic acids is 2. The molecule has 30 heavy (non-hydrogen) atoms. The Labute approximate surface area is 181 Å². The molecule has 0 atom stereocenters. The van der Waals surface area contributed by atoms with E-state index in [1.165, 1.54) is 24.6 Å². The van der Waals surface area contributed by atoms with Crippen molar-refractivity contribution in [1.29, 1.82) is 5.26 Å².